The Morgan fingerprint density at radius 2 is 1.94 bits per heavy atom. The van der Waals surface area contributed by atoms with Crippen molar-refractivity contribution in [1.82, 2.24) is 9.88 Å². The Balaban J connectivity index is 2.62. The van der Waals surface area contributed by atoms with Crippen LogP contribution in [0.5, 0.6) is 0 Å². The van der Waals surface area contributed by atoms with Crippen molar-refractivity contribution in [2.75, 3.05) is 0 Å². The smallest absolute Gasteiger partial charge is 0.0225 e. The summed E-state index contributed by atoms with van der Waals surface area (Å²) < 4.78 is 2.39. The minimum Gasteiger partial charge on any atom is -0.349 e. The third kappa shape index (κ3) is 3.60. The molecule has 0 amide bonds. The Bertz CT molecular complexity index is 339. The zero-order valence-corrected chi connectivity index (χ0v) is 12.1. The SMILES string of the molecule is CCCC(CC)NCc1cc(C)n(CC)c1C. The average Bonchev–Trinajstić information content (AvgIpc) is 2.59. The summed E-state index contributed by atoms with van der Waals surface area (Å²) in [7, 11) is 0. The molecular weight excluding hydrogens is 208 g/mol. The van der Waals surface area contributed by atoms with E-state index < -0.39 is 0 Å². The van der Waals surface area contributed by atoms with Gasteiger partial charge in [-0.3, -0.25) is 0 Å². The molecular formula is C15H28N2. The molecule has 0 aliphatic rings. The summed E-state index contributed by atoms with van der Waals surface area (Å²) in [6.45, 7) is 13.2. The molecule has 0 fully saturated rings. The second-order valence-corrected chi connectivity index (χ2v) is 4.92. The summed E-state index contributed by atoms with van der Waals surface area (Å²) in [5.74, 6) is 0. The second-order valence-electron chi connectivity index (χ2n) is 4.92. The van der Waals surface area contributed by atoms with Crippen LogP contribution in [0, 0.1) is 13.8 Å². The molecule has 17 heavy (non-hydrogen) atoms. The highest BCUT2D eigenvalue weighted by Gasteiger charge is 2.09. The number of nitrogens with one attached hydrogen (secondary N) is 1. The lowest BCUT2D eigenvalue weighted by Crippen LogP contribution is -2.27. The normalized spacial score (nSPS) is 13.0. The van der Waals surface area contributed by atoms with Crippen molar-refractivity contribution in [1.29, 1.82) is 0 Å². The molecule has 1 rings (SSSR count). The van der Waals surface area contributed by atoms with Gasteiger partial charge in [-0.05, 0) is 45.2 Å². The van der Waals surface area contributed by atoms with Crippen LogP contribution in [0.1, 0.15) is 57.0 Å². The molecule has 0 saturated carbocycles. The van der Waals surface area contributed by atoms with Crippen LogP contribution in [0.25, 0.3) is 0 Å². The van der Waals surface area contributed by atoms with E-state index in [1.807, 2.05) is 0 Å². The third-order valence-corrected chi connectivity index (χ3v) is 3.71. The molecule has 1 N–H and O–H groups in total. The van der Waals surface area contributed by atoms with E-state index in [1.165, 1.54) is 36.2 Å². The van der Waals surface area contributed by atoms with Crippen molar-refractivity contribution < 1.29 is 0 Å². The number of hydrogen-bond acceptors (Lipinski definition) is 1. The molecule has 98 valence electrons. The van der Waals surface area contributed by atoms with Crippen molar-refractivity contribution in [2.45, 2.75) is 73.0 Å². The lowest BCUT2D eigenvalue weighted by Gasteiger charge is -2.16. The van der Waals surface area contributed by atoms with Gasteiger partial charge in [-0.25, -0.2) is 0 Å². The van der Waals surface area contributed by atoms with Crippen LogP contribution >= 0.6 is 0 Å². The van der Waals surface area contributed by atoms with Crippen LogP contribution in [0.4, 0.5) is 0 Å². The summed E-state index contributed by atoms with van der Waals surface area (Å²) in [6.07, 6.45) is 3.77. The summed E-state index contributed by atoms with van der Waals surface area (Å²) >= 11 is 0. The number of nitrogens with zero attached hydrogens (tertiary/aromatic N) is 1. The van der Waals surface area contributed by atoms with Crippen molar-refractivity contribution in [2.24, 2.45) is 0 Å². The Labute approximate surface area is 106 Å². The first-order chi connectivity index (χ1) is 8.13. The summed E-state index contributed by atoms with van der Waals surface area (Å²) in [4.78, 5) is 0. The Morgan fingerprint density at radius 3 is 2.41 bits per heavy atom. The fraction of sp³-hybridized carbons (Fsp3) is 0.733. The van der Waals surface area contributed by atoms with Gasteiger partial charge in [-0.15, -0.1) is 0 Å². The standard InChI is InChI=1S/C15H28N2/c1-6-9-15(7-2)16-11-14-10-12(4)17(8-3)13(14)5/h10,15-16H,6-9,11H2,1-5H3. The molecule has 1 heterocycles. The van der Waals surface area contributed by atoms with E-state index in [0.29, 0.717) is 6.04 Å². The molecule has 1 aromatic rings. The highest BCUT2D eigenvalue weighted by atomic mass is 15.0. The Hall–Kier alpha value is -0.760. The first-order valence-electron chi connectivity index (χ1n) is 7.02. The molecule has 0 aromatic carbocycles. The quantitative estimate of drug-likeness (QED) is 0.762. The summed E-state index contributed by atoms with van der Waals surface area (Å²) in [5.41, 5.74) is 4.26. The van der Waals surface area contributed by atoms with E-state index in [-0.39, 0.29) is 0 Å². The van der Waals surface area contributed by atoms with Crippen LogP contribution in [0.2, 0.25) is 0 Å². The van der Waals surface area contributed by atoms with E-state index in [1.54, 1.807) is 0 Å². The molecule has 0 saturated heterocycles. The van der Waals surface area contributed by atoms with Crippen molar-refractivity contribution >= 4 is 0 Å². The first-order valence-corrected chi connectivity index (χ1v) is 7.02. The van der Waals surface area contributed by atoms with Gasteiger partial charge in [-0.1, -0.05) is 20.3 Å². The molecule has 0 spiro atoms. The van der Waals surface area contributed by atoms with Gasteiger partial charge < -0.3 is 9.88 Å². The van der Waals surface area contributed by atoms with Crippen LogP contribution in [-0.4, -0.2) is 10.6 Å². The molecule has 2 heteroatoms. The predicted octanol–water partition coefficient (Wildman–Crippen LogP) is 3.79. The maximum atomic E-state index is 3.68. The highest BCUT2D eigenvalue weighted by molar-refractivity contribution is 5.26. The minimum atomic E-state index is 0.671. The second kappa shape index (κ2) is 6.85. The van der Waals surface area contributed by atoms with Gasteiger partial charge in [0, 0.05) is 30.5 Å². The molecule has 2 nitrogen and oxygen atoms in total. The lowest BCUT2D eigenvalue weighted by atomic mass is 10.1. The predicted molar refractivity (Wildman–Crippen MR) is 75.4 cm³/mol. The van der Waals surface area contributed by atoms with Gasteiger partial charge in [0.2, 0.25) is 0 Å². The summed E-state index contributed by atoms with van der Waals surface area (Å²) in [5, 5.41) is 3.68. The average molecular weight is 236 g/mol. The van der Waals surface area contributed by atoms with Crippen LogP contribution in [-0.2, 0) is 13.1 Å². The van der Waals surface area contributed by atoms with E-state index in [0.717, 1.165) is 13.1 Å². The topological polar surface area (TPSA) is 17.0 Å². The minimum absolute atomic E-state index is 0.671. The van der Waals surface area contributed by atoms with Gasteiger partial charge >= 0.3 is 0 Å². The van der Waals surface area contributed by atoms with Crippen molar-refractivity contribution in [3.63, 3.8) is 0 Å². The first kappa shape index (κ1) is 14.3. The zero-order valence-electron chi connectivity index (χ0n) is 12.1. The van der Waals surface area contributed by atoms with E-state index in [4.69, 9.17) is 0 Å². The fourth-order valence-corrected chi connectivity index (χ4v) is 2.59. The van der Waals surface area contributed by atoms with E-state index in [9.17, 15) is 0 Å². The van der Waals surface area contributed by atoms with Gasteiger partial charge in [0.15, 0.2) is 0 Å². The maximum absolute atomic E-state index is 3.68. The van der Waals surface area contributed by atoms with Gasteiger partial charge in [-0.2, -0.15) is 0 Å². The molecule has 0 bridgehead atoms. The monoisotopic (exact) mass is 236 g/mol. The van der Waals surface area contributed by atoms with E-state index >= 15 is 0 Å². The largest absolute Gasteiger partial charge is 0.349 e. The molecule has 1 unspecified atom stereocenters. The molecule has 0 radical (unpaired) electrons. The maximum Gasteiger partial charge on any atom is 0.0225 e. The van der Waals surface area contributed by atoms with Gasteiger partial charge in [0.25, 0.3) is 0 Å². The lowest BCUT2D eigenvalue weighted by molar-refractivity contribution is 0.461. The number of aromatic nitrogens is 1. The third-order valence-electron chi connectivity index (χ3n) is 3.71. The number of rotatable bonds is 7. The Morgan fingerprint density at radius 1 is 1.24 bits per heavy atom. The van der Waals surface area contributed by atoms with Crippen molar-refractivity contribution in [3.05, 3.63) is 23.0 Å². The molecule has 0 aliphatic carbocycles. The number of hydrogen-bond donors (Lipinski definition) is 1. The molecule has 1 atom stereocenters. The number of aryl methyl sites for hydroxylation is 1. The molecule has 1 aromatic heterocycles. The van der Waals surface area contributed by atoms with E-state index in [2.05, 4.69) is 50.6 Å². The molecule has 0 aliphatic heterocycles. The van der Waals surface area contributed by atoms with Gasteiger partial charge in [0.05, 0.1) is 0 Å². The van der Waals surface area contributed by atoms with Crippen molar-refractivity contribution in [3.8, 4) is 0 Å². The fourth-order valence-electron chi connectivity index (χ4n) is 2.59. The van der Waals surface area contributed by atoms with Gasteiger partial charge in [0.1, 0.15) is 0 Å². The van der Waals surface area contributed by atoms with Crippen LogP contribution in [0.3, 0.4) is 0 Å². The van der Waals surface area contributed by atoms with Crippen LogP contribution < -0.4 is 5.32 Å². The highest BCUT2D eigenvalue weighted by Crippen LogP contribution is 2.15. The Kier molecular flexibility index (Phi) is 5.76. The zero-order chi connectivity index (χ0) is 12.8. The summed E-state index contributed by atoms with van der Waals surface area (Å²) in [6, 6.07) is 2.99. The van der Waals surface area contributed by atoms with Crippen LogP contribution in [0.15, 0.2) is 6.07 Å².